The minimum Gasteiger partial charge on any atom is -0.459 e. The number of nitrogens with one attached hydrogen (secondary N) is 2. The van der Waals surface area contributed by atoms with Crippen molar-refractivity contribution in [2.24, 2.45) is 5.92 Å². The van der Waals surface area contributed by atoms with Crippen LogP contribution in [0.2, 0.25) is 10.0 Å². The molecule has 3 N–H and O–H groups in total. The fourth-order valence-electron chi connectivity index (χ4n) is 3.72. The zero-order valence-corrected chi connectivity index (χ0v) is 18.3. The zero-order valence-electron chi connectivity index (χ0n) is 16.8. The van der Waals surface area contributed by atoms with Crippen molar-refractivity contribution in [1.29, 1.82) is 0 Å². The van der Waals surface area contributed by atoms with Crippen molar-refractivity contribution in [3.05, 3.63) is 81.8 Å². The first-order chi connectivity index (χ1) is 15.9. The summed E-state index contributed by atoms with van der Waals surface area (Å²) in [4.78, 5) is 25.3. The first-order valence-corrected chi connectivity index (χ1v) is 10.4. The minimum atomic E-state index is -5.45. The lowest BCUT2D eigenvalue weighted by Crippen LogP contribution is -2.72. The highest BCUT2D eigenvalue weighted by molar-refractivity contribution is 6.36. The molecule has 2 amide bonds. The Morgan fingerprint density at radius 1 is 1.06 bits per heavy atom. The lowest BCUT2D eigenvalue weighted by atomic mass is 9.79. The molecule has 0 aliphatic carbocycles. The van der Waals surface area contributed by atoms with Crippen molar-refractivity contribution in [3.63, 3.8) is 0 Å². The van der Waals surface area contributed by atoms with Crippen LogP contribution in [0.5, 0.6) is 0 Å². The van der Waals surface area contributed by atoms with E-state index in [1.54, 1.807) is 0 Å². The SMILES string of the molecule is O=C1N[C@H](c2ccc(-c3ccc(Cl)cc3Cl)o2)[C@H](C(=O)c2ccc(F)cc2)[C@@](O)(C(F)(F)F)N1. The predicted octanol–water partition coefficient (Wildman–Crippen LogP) is 5.50. The van der Waals surface area contributed by atoms with Gasteiger partial charge in [0.15, 0.2) is 5.78 Å². The quantitative estimate of drug-likeness (QED) is 0.315. The van der Waals surface area contributed by atoms with E-state index in [0.29, 0.717) is 10.6 Å². The lowest BCUT2D eigenvalue weighted by Gasteiger charge is -2.44. The first kappa shape index (κ1) is 24.1. The Morgan fingerprint density at radius 2 is 1.74 bits per heavy atom. The summed E-state index contributed by atoms with van der Waals surface area (Å²) in [5.74, 6) is -4.38. The van der Waals surface area contributed by atoms with E-state index in [1.807, 2.05) is 0 Å². The molecule has 1 aromatic heterocycles. The molecule has 4 rings (SSSR count). The average molecular weight is 517 g/mol. The van der Waals surface area contributed by atoms with Gasteiger partial charge >= 0.3 is 12.2 Å². The number of carbonyl (C=O) groups is 2. The van der Waals surface area contributed by atoms with Crippen molar-refractivity contribution < 1.29 is 36.7 Å². The summed E-state index contributed by atoms with van der Waals surface area (Å²) in [7, 11) is 0. The van der Waals surface area contributed by atoms with Gasteiger partial charge < -0.3 is 20.2 Å². The van der Waals surface area contributed by atoms with Gasteiger partial charge in [-0.05, 0) is 54.6 Å². The van der Waals surface area contributed by atoms with Crippen LogP contribution in [-0.2, 0) is 0 Å². The largest absolute Gasteiger partial charge is 0.459 e. The number of benzene rings is 2. The van der Waals surface area contributed by atoms with Crippen molar-refractivity contribution in [2.45, 2.75) is 17.9 Å². The monoisotopic (exact) mass is 516 g/mol. The second kappa shape index (κ2) is 8.61. The average Bonchev–Trinajstić information content (AvgIpc) is 3.22. The number of rotatable bonds is 4. The highest BCUT2D eigenvalue weighted by Gasteiger charge is 2.66. The van der Waals surface area contributed by atoms with Gasteiger partial charge in [-0.1, -0.05) is 23.2 Å². The van der Waals surface area contributed by atoms with Gasteiger partial charge in [0, 0.05) is 16.1 Å². The Balaban J connectivity index is 1.82. The summed E-state index contributed by atoms with van der Waals surface area (Å²) in [6.45, 7) is 0. The number of hydrogen-bond acceptors (Lipinski definition) is 4. The van der Waals surface area contributed by atoms with Crippen molar-refractivity contribution in [2.75, 3.05) is 0 Å². The van der Waals surface area contributed by atoms with Gasteiger partial charge in [-0.15, -0.1) is 0 Å². The molecule has 3 aromatic rings. The van der Waals surface area contributed by atoms with Crippen molar-refractivity contribution >= 4 is 35.0 Å². The topological polar surface area (TPSA) is 91.6 Å². The molecule has 0 bridgehead atoms. The van der Waals surface area contributed by atoms with Crippen molar-refractivity contribution in [1.82, 2.24) is 10.6 Å². The van der Waals surface area contributed by atoms with Crippen molar-refractivity contribution in [3.8, 4) is 11.3 Å². The van der Waals surface area contributed by atoms with E-state index in [0.717, 1.165) is 24.3 Å². The molecule has 2 heterocycles. The van der Waals surface area contributed by atoms with Crippen LogP contribution in [0, 0.1) is 11.7 Å². The summed E-state index contributed by atoms with van der Waals surface area (Å²) < 4.78 is 60.9. The second-order valence-corrected chi connectivity index (χ2v) is 8.36. The van der Waals surface area contributed by atoms with Crippen LogP contribution in [-0.4, -0.2) is 28.8 Å². The van der Waals surface area contributed by atoms with Crippen LogP contribution in [0.3, 0.4) is 0 Å². The molecule has 1 aliphatic rings. The molecule has 1 fully saturated rings. The number of aliphatic hydroxyl groups is 1. The summed E-state index contributed by atoms with van der Waals surface area (Å²) in [5, 5.41) is 14.7. The van der Waals surface area contributed by atoms with Crippen LogP contribution in [0.4, 0.5) is 22.4 Å². The van der Waals surface area contributed by atoms with E-state index < -0.39 is 41.5 Å². The number of Topliss-reactive ketones (excluding diaryl/α,β-unsaturated/α-hetero) is 1. The van der Waals surface area contributed by atoms with Gasteiger partial charge in [0.2, 0.25) is 5.72 Å². The minimum absolute atomic E-state index is 0.118. The number of furan rings is 1. The second-order valence-electron chi connectivity index (χ2n) is 7.52. The number of halogens is 6. The highest BCUT2D eigenvalue weighted by Crippen LogP contribution is 2.45. The summed E-state index contributed by atoms with van der Waals surface area (Å²) in [6, 6.07) is 7.69. The molecule has 1 saturated heterocycles. The number of carbonyl (C=O) groups excluding carboxylic acids is 2. The molecule has 6 nitrogen and oxygen atoms in total. The summed E-state index contributed by atoms with van der Waals surface area (Å²) in [5.41, 5.74) is -3.91. The standard InChI is InChI=1S/C22H14Cl2F4N2O4/c23-11-3-6-13(14(24)9-11)15-7-8-16(34-15)18-17(19(31)10-1-4-12(25)5-2-10)21(33,22(26,27)28)30-20(32)29-18/h1-9,17-18,33H,(H2,29,30,32)/t17-,18-,21-/m1/s1. The predicted molar refractivity (Wildman–Crippen MR) is 114 cm³/mol. The maximum absolute atomic E-state index is 14.0. The first-order valence-electron chi connectivity index (χ1n) is 9.63. The van der Waals surface area contributed by atoms with Crippen LogP contribution in [0.1, 0.15) is 22.2 Å². The van der Waals surface area contributed by atoms with E-state index in [1.165, 1.54) is 35.6 Å². The van der Waals surface area contributed by atoms with Gasteiger partial charge in [-0.3, -0.25) is 4.79 Å². The number of hydrogen-bond donors (Lipinski definition) is 3. The van der Waals surface area contributed by atoms with Gasteiger partial charge in [0.25, 0.3) is 0 Å². The van der Waals surface area contributed by atoms with Crippen LogP contribution in [0.25, 0.3) is 11.3 Å². The maximum atomic E-state index is 14.0. The van der Waals surface area contributed by atoms with Crippen LogP contribution in [0.15, 0.2) is 59.0 Å². The smallest absolute Gasteiger partial charge is 0.437 e. The van der Waals surface area contributed by atoms with E-state index in [2.05, 4.69) is 5.32 Å². The van der Waals surface area contributed by atoms with E-state index in [-0.39, 0.29) is 22.1 Å². The third kappa shape index (κ3) is 4.24. The number of amides is 2. The molecule has 0 radical (unpaired) electrons. The molecule has 12 heteroatoms. The number of ketones is 1. The fourth-order valence-corrected chi connectivity index (χ4v) is 4.23. The molecular formula is C22H14Cl2F4N2O4. The Bertz CT molecular complexity index is 1260. The summed E-state index contributed by atoms with van der Waals surface area (Å²) >= 11 is 12.0. The number of urea groups is 1. The molecule has 0 saturated carbocycles. The molecule has 0 unspecified atom stereocenters. The molecule has 178 valence electrons. The number of alkyl halides is 3. The Morgan fingerprint density at radius 3 is 2.35 bits per heavy atom. The third-order valence-corrected chi connectivity index (χ3v) is 5.90. The van der Waals surface area contributed by atoms with Gasteiger partial charge in [-0.2, -0.15) is 13.2 Å². The Labute approximate surface area is 199 Å². The maximum Gasteiger partial charge on any atom is 0.437 e. The molecule has 0 spiro atoms. The fraction of sp³-hybridized carbons (Fsp3) is 0.182. The van der Waals surface area contributed by atoms with E-state index in [9.17, 15) is 32.3 Å². The van der Waals surface area contributed by atoms with Crippen LogP contribution < -0.4 is 10.6 Å². The molecule has 1 aliphatic heterocycles. The zero-order chi connectivity index (χ0) is 24.8. The normalized spacial score (nSPS) is 22.7. The van der Waals surface area contributed by atoms with Crippen LogP contribution >= 0.6 is 23.2 Å². The lowest BCUT2D eigenvalue weighted by molar-refractivity contribution is -0.288. The van der Waals surface area contributed by atoms with E-state index in [4.69, 9.17) is 27.6 Å². The Kier molecular flexibility index (Phi) is 6.09. The summed E-state index contributed by atoms with van der Waals surface area (Å²) in [6.07, 6.45) is -5.45. The molecular weight excluding hydrogens is 503 g/mol. The van der Waals surface area contributed by atoms with Gasteiger partial charge in [0.05, 0.1) is 5.02 Å². The molecule has 34 heavy (non-hydrogen) atoms. The molecule has 2 aromatic carbocycles. The Hall–Kier alpha value is -3.08. The van der Waals surface area contributed by atoms with E-state index >= 15 is 0 Å². The van der Waals surface area contributed by atoms with Gasteiger partial charge in [0.1, 0.15) is 29.3 Å². The molecule has 3 atom stereocenters. The van der Waals surface area contributed by atoms with Gasteiger partial charge in [-0.25, -0.2) is 9.18 Å². The highest BCUT2D eigenvalue weighted by atomic mass is 35.5. The third-order valence-electron chi connectivity index (χ3n) is 5.35.